The van der Waals surface area contributed by atoms with Crippen molar-refractivity contribution >= 4 is 11.8 Å². The minimum atomic E-state index is -0.189. The average molecular weight is 303 g/mol. The predicted molar refractivity (Wildman–Crippen MR) is 82.6 cm³/mol. The molecule has 1 fully saturated rings. The molecule has 0 aliphatic heterocycles. The Hall–Kier alpha value is -1.46. The Labute approximate surface area is 128 Å². The second-order valence-electron chi connectivity index (χ2n) is 5.29. The lowest BCUT2D eigenvalue weighted by molar-refractivity contribution is 0.602. The molecule has 0 atom stereocenters. The summed E-state index contributed by atoms with van der Waals surface area (Å²) < 4.78 is 13.6. The van der Waals surface area contributed by atoms with Crippen molar-refractivity contribution in [2.24, 2.45) is 0 Å². The molecule has 5 heteroatoms. The van der Waals surface area contributed by atoms with E-state index < -0.39 is 0 Å². The van der Waals surface area contributed by atoms with E-state index in [2.05, 4.69) is 15.3 Å². The molecule has 0 radical (unpaired) electrons. The van der Waals surface area contributed by atoms with E-state index in [1.165, 1.54) is 30.7 Å². The Kier molecular flexibility index (Phi) is 4.51. The fourth-order valence-corrected chi connectivity index (χ4v) is 2.89. The molecule has 1 aromatic heterocycles. The van der Waals surface area contributed by atoms with Gasteiger partial charge in [0.1, 0.15) is 11.6 Å². The van der Waals surface area contributed by atoms with Crippen LogP contribution in [0, 0.1) is 12.7 Å². The molecule has 1 saturated carbocycles. The van der Waals surface area contributed by atoms with Crippen LogP contribution in [0.2, 0.25) is 0 Å². The van der Waals surface area contributed by atoms with E-state index in [0.29, 0.717) is 16.7 Å². The van der Waals surface area contributed by atoms with Crippen LogP contribution in [-0.2, 0) is 12.3 Å². The van der Waals surface area contributed by atoms with Gasteiger partial charge in [-0.1, -0.05) is 12.1 Å². The molecule has 1 aromatic carbocycles. The van der Waals surface area contributed by atoms with Crippen LogP contribution in [0.1, 0.15) is 30.1 Å². The largest absolute Gasteiger partial charge is 0.308 e. The van der Waals surface area contributed by atoms with Crippen LogP contribution >= 0.6 is 11.8 Å². The van der Waals surface area contributed by atoms with Crippen LogP contribution in [-0.4, -0.2) is 16.0 Å². The third-order valence-electron chi connectivity index (χ3n) is 3.30. The number of nitrogens with one attached hydrogen (secondary N) is 1. The van der Waals surface area contributed by atoms with Crippen LogP contribution < -0.4 is 5.32 Å². The second kappa shape index (κ2) is 6.54. The highest BCUT2D eigenvalue weighted by molar-refractivity contribution is 7.98. The maximum absolute atomic E-state index is 13.6. The van der Waals surface area contributed by atoms with Crippen LogP contribution in [0.15, 0.2) is 35.2 Å². The third-order valence-corrected chi connectivity index (χ3v) is 4.34. The molecule has 3 rings (SSSR count). The van der Waals surface area contributed by atoms with E-state index in [-0.39, 0.29) is 5.82 Å². The van der Waals surface area contributed by atoms with Crippen molar-refractivity contribution in [1.29, 1.82) is 0 Å². The molecule has 0 amide bonds. The minimum absolute atomic E-state index is 0.189. The summed E-state index contributed by atoms with van der Waals surface area (Å²) in [5.41, 5.74) is 1.97. The molecule has 1 N–H and O–H groups in total. The van der Waals surface area contributed by atoms with Crippen molar-refractivity contribution in [3.8, 4) is 0 Å². The number of hydrogen-bond acceptors (Lipinski definition) is 4. The van der Waals surface area contributed by atoms with Gasteiger partial charge < -0.3 is 5.32 Å². The smallest absolute Gasteiger partial charge is 0.139 e. The fourth-order valence-electron chi connectivity index (χ4n) is 2.10. The van der Waals surface area contributed by atoms with Gasteiger partial charge in [0.05, 0.1) is 11.4 Å². The summed E-state index contributed by atoms with van der Waals surface area (Å²) in [6, 6.07) is 9.47. The van der Waals surface area contributed by atoms with Gasteiger partial charge in [0.25, 0.3) is 0 Å². The maximum atomic E-state index is 13.6. The summed E-state index contributed by atoms with van der Waals surface area (Å²) in [6.45, 7) is 2.75. The lowest BCUT2D eigenvalue weighted by atomic mass is 10.3. The molecule has 1 aliphatic carbocycles. The van der Waals surface area contributed by atoms with E-state index >= 15 is 0 Å². The SMILES string of the molecule is Cc1cc(CNC2CC2)nc(CSc2ccccc2F)n1. The molecular weight excluding hydrogens is 285 g/mol. The molecular formula is C16H18FN3S. The summed E-state index contributed by atoms with van der Waals surface area (Å²) in [5, 5.41) is 3.45. The van der Waals surface area contributed by atoms with Crippen molar-refractivity contribution in [3.05, 3.63) is 53.4 Å². The van der Waals surface area contributed by atoms with E-state index in [9.17, 15) is 4.39 Å². The summed E-state index contributed by atoms with van der Waals surface area (Å²) in [7, 11) is 0. The Morgan fingerprint density at radius 1 is 1.29 bits per heavy atom. The number of thioether (sulfide) groups is 1. The standard InChI is InChI=1S/C16H18FN3S/c1-11-8-13(9-18-12-6-7-12)20-16(19-11)10-21-15-5-3-2-4-14(15)17/h2-5,8,12,18H,6-7,9-10H2,1H3. The number of hydrogen-bond donors (Lipinski definition) is 1. The van der Waals surface area contributed by atoms with E-state index in [1.807, 2.05) is 19.1 Å². The fraction of sp³-hybridized carbons (Fsp3) is 0.375. The van der Waals surface area contributed by atoms with Gasteiger partial charge in [-0.3, -0.25) is 0 Å². The highest BCUT2D eigenvalue weighted by Crippen LogP contribution is 2.24. The molecule has 2 aromatic rings. The minimum Gasteiger partial charge on any atom is -0.308 e. The first-order valence-corrected chi connectivity index (χ1v) is 8.13. The van der Waals surface area contributed by atoms with Crippen molar-refractivity contribution in [2.75, 3.05) is 0 Å². The van der Waals surface area contributed by atoms with Crippen LogP contribution in [0.3, 0.4) is 0 Å². The monoisotopic (exact) mass is 303 g/mol. The van der Waals surface area contributed by atoms with E-state index in [1.54, 1.807) is 12.1 Å². The molecule has 1 heterocycles. The molecule has 21 heavy (non-hydrogen) atoms. The van der Waals surface area contributed by atoms with Gasteiger partial charge in [0.2, 0.25) is 0 Å². The van der Waals surface area contributed by atoms with Crippen molar-refractivity contribution < 1.29 is 4.39 Å². The molecule has 0 unspecified atom stereocenters. The van der Waals surface area contributed by atoms with Gasteiger partial charge >= 0.3 is 0 Å². The zero-order valence-electron chi connectivity index (χ0n) is 12.0. The molecule has 0 bridgehead atoms. The Balaban J connectivity index is 1.65. The van der Waals surface area contributed by atoms with Crippen LogP contribution in [0.4, 0.5) is 4.39 Å². The molecule has 0 saturated heterocycles. The predicted octanol–water partition coefficient (Wildman–Crippen LogP) is 3.47. The quantitative estimate of drug-likeness (QED) is 0.829. The van der Waals surface area contributed by atoms with Gasteiger partial charge in [-0.15, -0.1) is 11.8 Å². The van der Waals surface area contributed by atoms with Crippen molar-refractivity contribution in [2.45, 2.75) is 43.0 Å². The average Bonchev–Trinajstić information content (AvgIpc) is 3.28. The lowest BCUT2D eigenvalue weighted by Crippen LogP contribution is -2.17. The highest BCUT2D eigenvalue weighted by atomic mass is 32.2. The summed E-state index contributed by atoms with van der Waals surface area (Å²) in [5.74, 6) is 1.15. The summed E-state index contributed by atoms with van der Waals surface area (Å²) in [6.07, 6.45) is 2.53. The topological polar surface area (TPSA) is 37.8 Å². The molecule has 110 valence electrons. The molecule has 1 aliphatic rings. The zero-order valence-corrected chi connectivity index (χ0v) is 12.8. The molecule has 3 nitrogen and oxygen atoms in total. The van der Waals surface area contributed by atoms with Crippen molar-refractivity contribution in [3.63, 3.8) is 0 Å². The van der Waals surface area contributed by atoms with Gasteiger partial charge in [-0.25, -0.2) is 14.4 Å². The zero-order chi connectivity index (χ0) is 14.7. The van der Waals surface area contributed by atoms with Crippen molar-refractivity contribution in [1.82, 2.24) is 15.3 Å². The second-order valence-corrected chi connectivity index (χ2v) is 6.31. The van der Waals surface area contributed by atoms with Gasteiger partial charge in [-0.05, 0) is 38.0 Å². The summed E-state index contributed by atoms with van der Waals surface area (Å²) in [4.78, 5) is 9.64. The first-order chi connectivity index (χ1) is 10.2. The summed E-state index contributed by atoms with van der Waals surface area (Å²) >= 11 is 1.43. The Morgan fingerprint density at radius 3 is 2.86 bits per heavy atom. The number of rotatable bonds is 6. The number of nitrogens with zero attached hydrogens (tertiary/aromatic N) is 2. The van der Waals surface area contributed by atoms with Crippen LogP contribution in [0.5, 0.6) is 0 Å². The normalized spacial score (nSPS) is 14.4. The highest BCUT2D eigenvalue weighted by Gasteiger charge is 2.20. The number of aromatic nitrogens is 2. The first-order valence-electron chi connectivity index (χ1n) is 7.15. The lowest BCUT2D eigenvalue weighted by Gasteiger charge is -2.07. The maximum Gasteiger partial charge on any atom is 0.139 e. The number of halogens is 1. The Morgan fingerprint density at radius 2 is 2.10 bits per heavy atom. The van der Waals surface area contributed by atoms with Gasteiger partial charge in [0, 0.05) is 23.2 Å². The van der Waals surface area contributed by atoms with Crippen LogP contribution in [0.25, 0.3) is 0 Å². The van der Waals surface area contributed by atoms with Gasteiger partial charge in [0.15, 0.2) is 0 Å². The Bertz CT molecular complexity index is 629. The number of benzene rings is 1. The van der Waals surface area contributed by atoms with Gasteiger partial charge in [-0.2, -0.15) is 0 Å². The van der Waals surface area contributed by atoms with E-state index in [0.717, 1.165) is 23.8 Å². The first kappa shape index (κ1) is 14.5. The van der Waals surface area contributed by atoms with E-state index in [4.69, 9.17) is 0 Å². The third kappa shape index (κ3) is 4.25. The number of aryl methyl sites for hydroxylation is 1. The molecule has 0 spiro atoms.